The number of aliphatic hydroxyl groups excluding tert-OH is 1. The number of carbonyl (C=O) groups excluding carboxylic acids is 1. The van der Waals surface area contributed by atoms with Crippen LogP contribution in [0.1, 0.15) is 38.5 Å². The third-order valence-electron chi connectivity index (χ3n) is 2.33. The summed E-state index contributed by atoms with van der Waals surface area (Å²) in [6, 6.07) is 0.536. The van der Waals surface area contributed by atoms with E-state index in [0.29, 0.717) is 6.04 Å². The van der Waals surface area contributed by atoms with E-state index in [1.807, 2.05) is 0 Å². The van der Waals surface area contributed by atoms with E-state index in [1.165, 1.54) is 38.2 Å². The van der Waals surface area contributed by atoms with Crippen molar-refractivity contribution in [3.05, 3.63) is 11.8 Å². The lowest BCUT2D eigenvalue weighted by Gasteiger charge is -2.15. The van der Waals surface area contributed by atoms with E-state index < -0.39 is 0 Å². The number of allylic oxidation sites excluding steroid dienone is 2. The van der Waals surface area contributed by atoms with Gasteiger partial charge in [0.05, 0.1) is 6.42 Å². The lowest BCUT2D eigenvalue weighted by molar-refractivity contribution is -0.116. The van der Waals surface area contributed by atoms with Crippen molar-refractivity contribution in [2.45, 2.75) is 44.6 Å². The van der Waals surface area contributed by atoms with Crippen molar-refractivity contribution >= 4 is 5.78 Å². The van der Waals surface area contributed by atoms with E-state index in [1.54, 1.807) is 0 Å². The van der Waals surface area contributed by atoms with E-state index in [9.17, 15) is 4.79 Å². The van der Waals surface area contributed by atoms with Crippen molar-refractivity contribution in [1.82, 2.24) is 0 Å². The summed E-state index contributed by atoms with van der Waals surface area (Å²) in [4.78, 5) is 9.87. The fourth-order valence-corrected chi connectivity index (χ4v) is 1.47. The molecule has 13 heavy (non-hydrogen) atoms. The van der Waals surface area contributed by atoms with Gasteiger partial charge in [0, 0.05) is 12.1 Å². The van der Waals surface area contributed by atoms with Crippen LogP contribution in [-0.2, 0) is 4.79 Å². The molecular weight excluding hydrogens is 166 g/mol. The first-order valence-corrected chi connectivity index (χ1v) is 4.86. The Kier molecular flexibility index (Phi) is 3.96. The predicted octanol–water partition coefficient (Wildman–Crippen LogP) is 1.68. The molecule has 0 aliphatic heterocycles. The zero-order valence-corrected chi connectivity index (χ0v) is 7.83. The second-order valence-electron chi connectivity index (χ2n) is 3.68. The quantitative estimate of drug-likeness (QED) is 0.600. The van der Waals surface area contributed by atoms with Gasteiger partial charge in [-0.2, -0.15) is 0 Å². The van der Waals surface area contributed by atoms with Crippen LogP contribution < -0.4 is 5.73 Å². The summed E-state index contributed by atoms with van der Waals surface area (Å²) in [5, 5.41) is 8.26. The highest BCUT2D eigenvalue weighted by Gasteiger charge is 2.11. The molecule has 3 nitrogen and oxygen atoms in total. The van der Waals surface area contributed by atoms with Crippen molar-refractivity contribution in [1.29, 1.82) is 0 Å². The van der Waals surface area contributed by atoms with Gasteiger partial charge < -0.3 is 10.8 Å². The zero-order chi connectivity index (χ0) is 9.68. The monoisotopic (exact) mass is 183 g/mol. The number of hydrogen-bond donors (Lipinski definition) is 2. The second kappa shape index (κ2) is 5.02. The lowest BCUT2D eigenvalue weighted by Crippen LogP contribution is -2.22. The van der Waals surface area contributed by atoms with Gasteiger partial charge in [-0.15, -0.1) is 0 Å². The summed E-state index contributed by atoms with van der Waals surface area (Å²) >= 11 is 0. The maximum Gasteiger partial charge on any atom is 0.166 e. The molecule has 0 bridgehead atoms. The molecule has 2 rings (SSSR count). The third kappa shape index (κ3) is 4.08. The van der Waals surface area contributed by atoms with Crippen LogP contribution in [-0.4, -0.2) is 16.9 Å². The molecule has 74 valence electrons. The van der Waals surface area contributed by atoms with Crippen molar-refractivity contribution in [3.8, 4) is 0 Å². The molecule has 3 heteroatoms. The minimum absolute atomic E-state index is 0.0208. The van der Waals surface area contributed by atoms with Crippen LogP contribution in [0.15, 0.2) is 11.8 Å². The van der Waals surface area contributed by atoms with Gasteiger partial charge >= 0.3 is 0 Å². The number of nitrogens with two attached hydrogens (primary N) is 1. The van der Waals surface area contributed by atoms with Crippen LogP contribution in [0.25, 0.3) is 0 Å². The fraction of sp³-hybridized carbons (Fsp3) is 0.700. The first kappa shape index (κ1) is 10.3. The minimum Gasteiger partial charge on any atom is -0.512 e. The molecule has 0 unspecified atom stereocenters. The Labute approximate surface area is 78.6 Å². The first-order chi connectivity index (χ1) is 6.18. The number of ketones is 1. The standard InChI is InChI=1S/C6H13N.C4H4O2/c7-6-4-2-1-3-5-6;5-3-1-4(6)2-3/h6H,1-5,7H2;1,5H,2H2. The van der Waals surface area contributed by atoms with E-state index in [-0.39, 0.29) is 18.0 Å². The van der Waals surface area contributed by atoms with Gasteiger partial charge in [0.25, 0.3) is 0 Å². The maximum absolute atomic E-state index is 9.87. The van der Waals surface area contributed by atoms with E-state index in [0.717, 1.165) is 0 Å². The van der Waals surface area contributed by atoms with Crippen molar-refractivity contribution < 1.29 is 9.90 Å². The molecule has 0 radical (unpaired) electrons. The molecular formula is C10H17NO2. The summed E-state index contributed by atoms with van der Waals surface area (Å²) < 4.78 is 0. The smallest absolute Gasteiger partial charge is 0.166 e. The van der Waals surface area contributed by atoms with Gasteiger partial charge in [-0.1, -0.05) is 19.3 Å². The Balaban J connectivity index is 0.000000132. The van der Waals surface area contributed by atoms with Gasteiger partial charge in [0.15, 0.2) is 5.78 Å². The molecule has 1 fully saturated rings. The maximum atomic E-state index is 9.87. The molecule has 0 saturated heterocycles. The summed E-state index contributed by atoms with van der Waals surface area (Å²) in [6.45, 7) is 0. The minimum atomic E-state index is 0.0208. The topological polar surface area (TPSA) is 63.3 Å². The SMILES string of the molecule is NC1CCCCC1.O=C1C=C(O)C1. The summed E-state index contributed by atoms with van der Waals surface area (Å²) in [5.41, 5.74) is 5.63. The van der Waals surface area contributed by atoms with E-state index >= 15 is 0 Å². The van der Waals surface area contributed by atoms with Crippen LogP contribution in [0.4, 0.5) is 0 Å². The van der Waals surface area contributed by atoms with Crippen LogP contribution in [0.5, 0.6) is 0 Å². The third-order valence-corrected chi connectivity index (χ3v) is 2.33. The molecule has 0 atom stereocenters. The summed E-state index contributed by atoms with van der Waals surface area (Å²) in [5.74, 6) is 0.229. The molecule has 0 aromatic rings. The average Bonchev–Trinajstić information content (AvgIpc) is 2.05. The Hall–Kier alpha value is -0.830. The van der Waals surface area contributed by atoms with Crippen molar-refractivity contribution in [2.75, 3.05) is 0 Å². The van der Waals surface area contributed by atoms with Crippen LogP contribution in [0, 0.1) is 0 Å². The number of carbonyl (C=O) groups is 1. The summed E-state index contributed by atoms with van der Waals surface area (Å²) in [7, 11) is 0. The highest BCUT2D eigenvalue weighted by Crippen LogP contribution is 2.14. The Morgan fingerprint density at radius 2 is 1.85 bits per heavy atom. The first-order valence-electron chi connectivity index (χ1n) is 4.86. The van der Waals surface area contributed by atoms with Crippen molar-refractivity contribution in [2.24, 2.45) is 5.73 Å². The number of rotatable bonds is 0. The second-order valence-corrected chi connectivity index (χ2v) is 3.68. The lowest BCUT2D eigenvalue weighted by atomic mass is 9.97. The average molecular weight is 183 g/mol. The Morgan fingerprint density at radius 1 is 1.31 bits per heavy atom. The fourth-order valence-electron chi connectivity index (χ4n) is 1.47. The summed E-state index contributed by atoms with van der Waals surface area (Å²) in [6.07, 6.45) is 8.13. The van der Waals surface area contributed by atoms with Crippen LogP contribution in [0.3, 0.4) is 0 Å². The highest BCUT2D eigenvalue weighted by atomic mass is 16.3. The number of hydrogen-bond acceptors (Lipinski definition) is 3. The van der Waals surface area contributed by atoms with Crippen LogP contribution in [0.2, 0.25) is 0 Å². The normalized spacial score (nSPS) is 22.5. The molecule has 2 aliphatic carbocycles. The Bertz CT molecular complexity index is 205. The van der Waals surface area contributed by atoms with Gasteiger partial charge in [0.1, 0.15) is 5.76 Å². The number of aliphatic hydroxyl groups is 1. The van der Waals surface area contributed by atoms with Crippen LogP contribution >= 0.6 is 0 Å². The molecule has 2 aliphatic rings. The zero-order valence-electron chi connectivity index (χ0n) is 7.83. The molecule has 3 N–H and O–H groups in total. The largest absolute Gasteiger partial charge is 0.512 e. The Morgan fingerprint density at radius 3 is 2.00 bits per heavy atom. The van der Waals surface area contributed by atoms with Crippen molar-refractivity contribution in [3.63, 3.8) is 0 Å². The van der Waals surface area contributed by atoms with Gasteiger partial charge in [-0.3, -0.25) is 4.79 Å². The predicted molar refractivity (Wildman–Crippen MR) is 51.4 cm³/mol. The van der Waals surface area contributed by atoms with E-state index in [2.05, 4.69) is 0 Å². The van der Waals surface area contributed by atoms with Gasteiger partial charge in [-0.05, 0) is 12.8 Å². The molecule has 0 aromatic carbocycles. The molecule has 0 aromatic heterocycles. The van der Waals surface area contributed by atoms with E-state index in [4.69, 9.17) is 10.8 Å². The van der Waals surface area contributed by atoms with Gasteiger partial charge in [-0.25, -0.2) is 0 Å². The molecule has 0 amide bonds. The molecule has 0 heterocycles. The van der Waals surface area contributed by atoms with Gasteiger partial charge in [0.2, 0.25) is 0 Å². The highest BCUT2D eigenvalue weighted by molar-refractivity contribution is 5.97. The molecule has 0 spiro atoms. The molecule has 1 saturated carbocycles.